The van der Waals surface area contributed by atoms with Gasteiger partial charge in [0.05, 0.1) is 31.3 Å². The van der Waals surface area contributed by atoms with Crippen LogP contribution in [0.1, 0.15) is 264 Å². The minimum atomic E-state index is -0.958. The van der Waals surface area contributed by atoms with E-state index in [1.807, 2.05) is 6.08 Å². The molecule has 0 aromatic carbocycles. The summed E-state index contributed by atoms with van der Waals surface area (Å²) in [5.41, 5.74) is 0. The van der Waals surface area contributed by atoms with Crippen LogP contribution in [0, 0.1) is 0 Å². The molecule has 3 unspecified atom stereocenters. The molecule has 0 heterocycles. The van der Waals surface area contributed by atoms with Crippen LogP contribution in [-0.4, -0.2) is 46.1 Å². The van der Waals surface area contributed by atoms with Crippen LogP contribution < -0.4 is 5.32 Å². The smallest absolute Gasteiger partial charge is 0.222 e. The second-order valence-electron chi connectivity index (χ2n) is 17.4. The normalized spacial score (nSPS) is 13.7. The highest BCUT2D eigenvalue weighted by Crippen LogP contribution is 2.17. The van der Waals surface area contributed by atoms with E-state index in [2.05, 4.69) is 43.5 Å². The molecule has 5 heteroatoms. The standard InChI is InChI=1S/C52H99NO4/c1-3-5-7-9-11-13-15-17-19-21-23-24-25-26-28-29-31-33-35-37-39-41-43-45-49(55)47-52(57)53-50(48-54)51(56)46-44-42-40-38-36-34-32-30-27-22-20-18-16-14-12-10-8-6-4-2/h27,30,36,38,44,46,49-51,54-56H,3-26,28-29,31-35,37,39-43,45,47-48H2,1-2H3,(H,53,57)/b30-27+,38-36+,46-44+. The molecule has 0 bridgehead atoms. The number of carbonyl (C=O) groups is 1. The van der Waals surface area contributed by atoms with Crippen molar-refractivity contribution in [2.45, 2.75) is 283 Å². The number of carbonyl (C=O) groups excluding carboxylic acids is 1. The van der Waals surface area contributed by atoms with Crippen LogP contribution in [0.25, 0.3) is 0 Å². The number of rotatable bonds is 46. The summed E-state index contributed by atoms with van der Waals surface area (Å²) in [5.74, 6) is -0.326. The fraction of sp³-hybridized carbons (Fsp3) is 0.865. The molecule has 0 aliphatic carbocycles. The molecule has 0 fully saturated rings. The molecule has 336 valence electrons. The summed E-state index contributed by atoms with van der Waals surface area (Å²) in [7, 11) is 0. The van der Waals surface area contributed by atoms with Crippen molar-refractivity contribution in [1.82, 2.24) is 5.32 Å². The average molecular weight is 802 g/mol. The molecular weight excluding hydrogens is 703 g/mol. The van der Waals surface area contributed by atoms with Gasteiger partial charge in [0, 0.05) is 0 Å². The number of unbranched alkanes of at least 4 members (excludes halogenated alkanes) is 33. The third-order valence-electron chi connectivity index (χ3n) is 11.7. The zero-order valence-electron chi connectivity index (χ0n) is 38.2. The Balaban J connectivity index is 3.64. The molecule has 0 aromatic rings. The van der Waals surface area contributed by atoms with Crippen LogP contribution in [0.2, 0.25) is 0 Å². The highest BCUT2D eigenvalue weighted by molar-refractivity contribution is 5.76. The van der Waals surface area contributed by atoms with Gasteiger partial charge in [0.1, 0.15) is 0 Å². The summed E-state index contributed by atoms with van der Waals surface area (Å²) < 4.78 is 0. The number of amides is 1. The van der Waals surface area contributed by atoms with E-state index in [9.17, 15) is 20.1 Å². The van der Waals surface area contributed by atoms with Gasteiger partial charge in [-0.15, -0.1) is 0 Å². The predicted molar refractivity (Wildman–Crippen MR) is 250 cm³/mol. The first-order valence-corrected chi connectivity index (χ1v) is 25.3. The van der Waals surface area contributed by atoms with Crippen molar-refractivity contribution in [2.24, 2.45) is 0 Å². The quantitative estimate of drug-likeness (QED) is 0.0365. The average Bonchev–Trinajstić information content (AvgIpc) is 3.20. The molecule has 0 aliphatic heterocycles. The van der Waals surface area contributed by atoms with Crippen LogP contribution in [-0.2, 0) is 4.79 Å². The van der Waals surface area contributed by atoms with Crippen molar-refractivity contribution >= 4 is 5.91 Å². The highest BCUT2D eigenvalue weighted by Gasteiger charge is 2.20. The van der Waals surface area contributed by atoms with Crippen molar-refractivity contribution in [2.75, 3.05) is 6.61 Å². The number of hydrogen-bond donors (Lipinski definition) is 4. The maximum atomic E-state index is 12.5. The van der Waals surface area contributed by atoms with Gasteiger partial charge in [0.15, 0.2) is 0 Å². The Morgan fingerprint density at radius 1 is 0.439 bits per heavy atom. The lowest BCUT2D eigenvalue weighted by Gasteiger charge is -2.21. The summed E-state index contributed by atoms with van der Waals surface area (Å²) >= 11 is 0. The number of allylic oxidation sites excluding steroid dienone is 5. The van der Waals surface area contributed by atoms with Crippen LogP contribution in [0.3, 0.4) is 0 Å². The first-order chi connectivity index (χ1) is 28.0. The van der Waals surface area contributed by atoms with Gasteiger partial charge in [0.2, 0.25) is 5.91 Å². The van der Waals surface area contributed by atoms with E-state index in [0.29, 0.717) is 6.42 Å². The first kappa shape index (κ1) is 55.6. The molecular formula is C52H99NO4. The molecule has 57 heavy (non-hydrogen) atoms. The van der Waals surface area contributed by atoms with Crippen molar-refractivity contribution in [3.8, 4) is 0 Å². The maximum absolute atomic E-state index is 12.5. The van der Waals surface area contributed by atoms with Crippen LogP contribution >= 0.6 is 0 Å². The third kappa shape index (κ3) is 44.0. The zero-order valence-corrected chi connectivity index (χ0v) is 38.2. The van der Waals surface area contributed by atoms with Gasteiger partial charge in [-0.05, 0) is 44.9 Å². The van der Waals surface area contributed by atoms with Crippen molar-refractivity contribution in [3.63, 3.8) is 0 Å². The number of aliphatic hydroxyl groups is 3. The molecule has 3 atom stereocenters. The van der Waals surface area contributed by atoms with Gasteiger partial charge in [-0.2, -0.15) is 0 Å². The lowest BCUT2D eigenvalue weighted by molar-refractivity contribution is -0.124. The second-order valence-corrected chi connectivity index (χ2v) is 17.4. The van der Waals surface area contributed by atoms with Gasteiger partial charge in [-0.1, -0.05) is 249 Å². The fourth-order valence-electron chi connectivity index (χ4n) is 7.79. The molecule has 0 radical (unpaired) electrons. The SMILES string of the molecule is CCCCCCCCCCC/C=C/CC/C=C/CC/C=C/C(O)C(CO)NC(=O)CC(O)CCCCCCCCCCCCCCCCCCCCCCCCC. The summed E-state index contributed by atoms with van der Waals surface area (Å²) in [6, 6.07) is -0.766. The van der Waals surface area contributed by atoms with Crippen molar-refractivity contribution in [1.29, 1.82) is 0 Å². The molecule has 0 spiro atoms. The Bertz CT molecular complexity index is 885. The first-order valence-electron chi connectivity index (χ1n) is 25.3. The minimum Gasteiger partial charge on any atom is -0.394 e. The van der Waals surface area contributed by atoms with Gasteiger partial charge in [0.25, 0.3) is 0 Å². The summed E-state index contributed by atoms with van der Waals surface area (Å²) in [6.45, 7) is 4.22. The van der Waals surface area contributed by atoms with Gasteiger partial charge >= 0.3 is 0 Å². The van der Waals surface area contributed by atoms with Crippen molar-refractivity contribution < 1.29 is 20.1 Å². The third-order valence-corrected chi connectivity index (χ3v) is 11.7. The number of nitrogens with one attached hydrogen (secondary N) is 1. The van der Waals surface area contributed by atoms with E-state index < -0.39 is 18.2 Å². The van der Waals surface area contributed by atoms with Crippen LogP contribution in [0.5, 0.6) is 0 Å². The van der Waals surface area contributed by atoms with E-state index in [1.165, 1.54) is 199 Å². The predicted octanol–water partition coefficient (Wildman–Crippen LogP) is 15.1. The molecule has 4 N–H and O–H groups in total. The summed E-state index contributed by atoms with van der Waals surface area (Å²) in [6.07, 6.45) is 60.2. The monoisotopic (exact) mass is 802 g/mol. The van der Waals surface area contributed by atoms with E-state index >= 15 is 0 Å². The molecule has 0 aromatic heterocycles. The van der Waals surface area contributed by atoms with Crippen molar-refractivity contribution in [3.05, 3.63) is 36.5 Å². The molecule has 0 aliphatic rings. The molecule has 0 rings (SSSR count). The fourth-order valence-corrected chi connectivity index (χ4v) is 7.79. The Kier molecular flexibility index (Phi) is 46.1. The highest BCUT2D eigenvalue weighted by atomic mass is 16.3. The summed E-state index contributed by atoms with van der Waals surface area (Å²) in [5, 5.41) is 33.3. The van der Waals surface area contributed by atoms with E-state index in [4.69, 9.17) is 0 Å². The number of hydrogen-bond acceptors (Lipinski definition) is 4. The van der Waals surface area contributed by atoms with Gasteiger partial charge in [-0.25, -0.2) is 0 Å². The number of aliphatic hydroxyl groups excluding tert-OH is 3. The van der Waals surface area contributed by atoms with Gasteiger partial charge in [-0.3, -0.25) is 4.79 Å². The minimum absolute atomic E-state index is 0.00544. The molecule has 1 amide bonds. The Labute approximate surface area is 355 Å². The van der Waals surface area contributed by atoms with E-state index in [1.54, 1.807) is 6.08 Å². The molecule has 0 saturated heterocycles. The Hall–Kier alpha value is -1.43. The van der Waals surface area contributed by atoms with E-state index in [-0.39, 0.29) is 18.9 Å². The van der Waals surface area contributed by atoms with Crippen LogP contribution in [0.4, 0.5) is 0 Å². The largest absolute Gasteiger partial charge is 0.394 e. The summed E-state index contributed by atoms with van der Waals surface area (Å²) in [4.78, 5) is 12.5. The maximum Gasteiger partial charge on any atom is 0.222 e. The lowest BCUT2D eigenvalue weighted by atomic mass is 10.0. The van der Waals surface area contributed by atoms with Gasteiger partial charge < -0.3 is 20.6 Å². The van der Waals surface area contributed by atoms with Crippen LogP contribution in [0.15, 0.2) is 36.5 Å². The lowest BCUT2D eigenvalue weighted by Crippen LogP contribution is -2.45. The molecule has 5 nitrogen and oxygen atoms in total. The Morgan fingerprint density at radius 2 is 0.754 bits per heavy atom. The molecule has 0 saturated carbocycles. The topological polar surface area (TPSA) is 89.8 Å². The van der Waals surface area contributed by atoms with E-state index in [0.717, 1.165) is 38.5 Å². The second kappa shape index (κ2) is 47.3. The Morgan fingerprint density at radius 3 is 1.12 bits per heavy atom. The zero-order chi connectivity index (χ0) is 41.5.